The molecule has 15 heavy (non-hydrogen) atoms. The van der Waals surface area contributed by atoms with E-state index in [1.54, 1.807) is 12.2 Å². The molecule has 1 saturated heterocycles. The first-order chi connectivity index (χ1) is 6.94. The van der Waals surface area contributed by atoms with Gasteiger partial charge in [0, 0.05) is 12.3 Å². The summed E-state index contributed by atoms with van der Waals surface area (Å²) in [6.45, 7) is 7.60. The summed E-state index contributed by atoms with van der Waals surface area (Å²) in [5, 5.41) is 0. The molecule has 1 aliphatic carbocycles. The Bertz CT molecular complexity index is 292. The summed E-state index contributed by atoms with van der Waals surface area (Å²) in [6, 6.07) is 0. The summed E-state index contributed by atoms with van der Waals surface area (Å²) in [5.74, 6) is -0.378. The van der Waals surface area contributed by atoms with Crippen molar-refractivity contribution < 1.29 is 14.3 Å². The van der Waals surface area contributed by atoms with E-state index in [1.807, 2.05) is 0 Å². The second-order valence-electron chi connectivity index (χ2n) is 5.34. The molecule has 1 aliphatic heterocycles. The first-order valence-corrected chi connectivity index (χ1v) is 5.44. The van der Waals surface area contributed by atoms with Crippen LogP contribution in [0.2, 0.25) is 0 Å². The van der Waals surface area contributed by atoms with Gasteiger partial charge in [0.1, 0.15) is 0 Å². The number of ketones is 1. The van der Waals surface area contributed by atoms with Crippen molar-refractivity contribution in [3.63, 3.8) is 0 Å². The molecule has 1 spiro atoms. The van der Waals surface area contributed by atoms with Gasteiger partial charge in [-0.3, -0.25) is 4.79 Å². The molecule has 0 aromatic heterocycles. The first-order valence-electron chi connectivity index (χ1n) is 5.44. The molecule has 0 radical (unpaired) electrons. The van der Waals surface area contributed by atoms with Gasteiger partial charge in [0.25, 0.3) is 0 Å². The second-order valence-corrected chi connectivity index (χ2v) is 5.34. The Hall–Kier alpha value is -0.670. The molecule has 0 N–H and O–H groups in total. The van der Waals surface area contributed by atoms with E-state index in [4.69, 9.17) is 9.47 Å². The third kappa shape index (κ3) is 1.86. The third-order valence-corrected chi connectivity index (χ3v) is 3.18. The van der Waals surface area contributed by atoms with Gasteiger partial charge in [-0.15, -0.1) is 0 Å². The number of hydrogen-bond acceptors (Lipinski definition) is 3. The number of hydrogen-bond donors (Lipinski definition) is 0. The number of allylic oxidation sites excluding steroid dienone is 1. The summed E-state index contributed by atoms with van der Waals surface area (Å²) < 4.78 is 11.4. The third-order valence-electron chi connectivity index (χ3n) is 3.18. The normalized spacial score (nSPS) is 30.1. The summed E-state index contributed by atoms with van der Waals surface area (Å²) in [5.41, 5.74) is 0.00472. The predicted octanol–water partition coefficient (Wildman–Crippen LogP) is 1.92. The highest BCUT2D eigenvalue weighted by atomic mass is 16.7. The standard InChI is InChI=1S/C12H18O3/c1-11(2,3)10-8-9(13)4-5-12(10)14-6-7-15-12/h4-5,10H,6-8H2,1-3H3. The first kappa shape index (κ1) is 10.8. The van der Waals surface area contributed by atoms with Crippen LogP contribution in [0, 0.1) is 11.3 Å². The van der Waals surface area contributed by atoms with E-state index in [2.05, 4.69) is 20.8 Å². The molecule has 2 rings (SSSR count). The molecule has 2 aliphatic rings. The molecule has 0 amide bonds. The van der Waals surface area contributed by atoms with Crippen molar-refractivity contribution in [3.8, 4) is 0 Å². The maximum Gasteiger partial charge on any atom is 0.192 e. The quantitative estimate of drug-likeness (QED) is 0.612. The lowest BCUT2D eigenvalue weighted by Gasteiger charge is -2.42. The minimum absolute atomic E-state index is 0.00472. The summed E-state index contributed by atoms with van der Waals surface area (Å²) in [7, 11) is 0. The van der Waals surface area contributed by atoms with Crippen LogP contribution in [-0.2, 0) is 14.3 Å². The van der Waals surface area contributed by atoms with Crippen LogP contribution in [0.25, 0.3) is 0 Å². The molecule has 84 valence electrons. The molecule has 0 aromatic carbocycles. The largest absolute Gasteiger partial charge is 0.344 e. The average Bonchev–Trinajstić information content (AvgIpc) is 2.57. The Labute approximate surface area is 90.4 Å². The zero-order valence-electron chi connectivity index (χ0n) is 9.58. The van der Waals surface area contributed by atoms with Crippen molar-refractivity contribution in [3.05, 3.63) is 12.2 Å². The molecular weight excluding hydrogens is 192 g/mol. The summed E-state index contributed by atoms with van der Waals surface area (Å²) in [6.07, 6.45) is 3.90. The van der Waals surface area contributed by atoms with E-state index in [0.717, 1.165) is 0 Å². The van der Waals surface area contributed by atoms with Crippen molar-refractivity contribution in [2.75, 3.05) is 13.2 Å². The minimum Gasteiger partial charge on any atom is -0.344 e. The van der Waals surface area contributed by atoms with Crippen LogP contribution < -0.4 is 0 Å². The topological polar surface area (TPSA) is 35.5 Å². The number of carbonyl (C=O) groups is 1. The van der Waals surface area contributed by atoms with E-state index < -0.39 is 5.79 Å². The van der Waals surface area contributed by atoms with Gasteiger partial charge >= 0.3 is 0 Å². The lowest BCUT2D eigenvalue weighted by molar-refractivity contribution is -0.187. The minimum atomic E-state index is -0.647. The highest BCUT2D eigenvalue weighted by Crippen LogP contribution is 2.45. The maximum atomic E-state index is 11.5. The molecule has 1 fully saturated rings. The van der Waals surface area contributed by atoms with Gasteiger partial charge in [-0.05, 0) is 17.6 Å². The lowest BCUT2D eigenvalue weighted by atomic mass is 9.70. The van der Waals surface area contributed by atoms with Gasteiger partial charge in [-0.1, -0.05) is 20.8 Å². The molecule has 3 nitrogen and oxygen atoms in total. The summed E-state index contributed by atoms with van der Waals surface area (Å²) >= 11 is 0. The Morgan fingerprint density at radius 2 is 1.93 bits per heavy atom. The SMILES string of the molecule is CC(C)(C)C1CC(=O)C=CC12OCCO2. The Kier molecular flexibility index (Phi) is 2.47. The van der Waals surface area contributed by atoms with Crippen LogP contribution in [-0.4, -0.2) is 24.8 Å². The van der Waals surface area contributed by atoms with E-state index in [1.165, 1.54) is 0 Å². The van der Waals surface area contributed by atoms with Crippen molar-refractivity contribution in [1.82, 2.24) is 0 Å². The average molecular weight is 210 g/mol. The van der Waals surface area contributed by atoms with Crippen LogP contribution in [0.5, 0.6) is 0 Å². The fourth-order valence-corrected chi connectivity index (χ4v) is 2.39. The zero-order chi connectivity index (χ0) is 11.1. The maximum absolute atomic E-state index is 11.5. The van der Waals surface area contributed by atoms with Gasteiger partial charge in [0.05, 0.1) is 13.2 Å². The van der Waals surface area contributed by atoms with Gasteiger partial charge in [0.2, 0.25) is 0 Å². The van der Waals surface area contributed by atoms with Crippen molar-refractivity contribution in [2.24, 2.45) is 11.3 Å². The van der Waals surface area contributed by atoms with E-state index in [9.17, 15) is 4.79 Å². The van der Waals surface area contributed by atoms with Crippen molar-refractivity contribution in [2.45, 2.75) is 33.0 Å². The fourth-order valence-electron chi connectivity index (χ4n) is 2.39. The molecule has 3 heteroatoms. The van der Waals surface area contributed by atoms with Gasteiger partial charge in [-0.2, -0.15) is 0 Å². The van der Waals surface area contributed by atoms with E-state index in [-0.39, 0.29) is 17.1 Å². The van der Waals surface area contributed by atoms with E-state index >= 15 is 0 Å². The number of rotatable bonds is 0. The molecule has 1 unspecified atom stereocenters. The highest BCUT2D eigenvalue weighted by molar-refractivity contribution is 5.91. The van der Waals surface area contributed by atoms with Gasteiger partial charge in [0.15, 0.2) is 11.6 Å². The predicted molar refractivity (Wildman–Crippen MR) is 56.3 cm³/mol. The zero-order valence-corrected chi connectivity index (χ0v) is 9.58. The van der Waals surface area contributed by atoms with Crippen LogP contribution in [0.4, 0.5) is 0 Å². The Balaban J connectivity index is 2.33. The monoisotopic (exact) mass is 210 g/mol. The molecule has 0 aromatic rings. The van der Waals surface area contributed by atoms with Crippen molar-refractivity contribution >= 4 is 5.78 Å². The van der Waals surface area contributed by atoms with Crippen LogP contribution in [0.1, 0.15) is 27.2 Å². The van der Waals surface area contributed by atoms with Crippen LogP contribution in [0.15, 0.2) is 12.2 Å². The molecule has 1 heterocycles. The van der Waals surface area contributed by atoms with Gasteiger partial charge in [-0.25, -0.2) is 0 Å². The Morgan fingerprint density at radius 3 is 2.47 bits per heavy atom. The second kappa shape index (κ2) is 3.42. The highest BCUT2D eigenvalue weighted by Gasteiger charge is 2.50. The Morgan fingerprint density at radius 1 is 1.33 bits per heavy atom. The molecule has 0 bridgehead atoms. The summed E-state index contributed by atoms with van der Waals surface area (Å²) in [4.78, 5) is 11.5. The molecule has 1 atom stereocenters. The molecular formula is C12H18O3. The van der Waals surface area contributed by atoms with Gasteiger partial charge < -0.3 is 9.47 Å². The fraction of sp³-hybridized carbons (Fsp3) is 0.750. The smallest absolute Gasteiger partial charge is 0.192 e. The van der Waals surface area contributed by atoms with E-state index in [0.29, 0.717) is 19.6 Å². The van der Waals surface area contributed by atoms with Crippen LogP contribution >= 0.6 is 0 Å². The number of carbonyl (C=O) groups excluding carboxylic acids is 1. The molecule has 0 saturated carbocycles. The van der Waals surface area contributed by atoms with Crippen molar-refractivity contribution in [1.29, 1.82) is 0 Å². The van der Waals surface area contributed by atoms with Crippen LogP contribution in [0.3, 0.4) is 0 Å². The number of ether oxygens (including phenoxy) is 2. The lowest BCUT2D eigenvalue weighted by Crippen LogP contribution is -2.47.